The topological polar surface area (TPSA) is 112 Å². The number of allylic oxidation sites excluding steroid dienone is 1. The number of benzene rings is 3. The quantitative estimate of drug-likeness (QED) is 0.242. The molecule has 0 amide bonds. The van der Waals surface area contributed by atoms with E-state index in [2.05, 4.69) is 11.1 Å². The Kier molecular flexibility index (Phi) is 9.18. The van der Waals surface area contributed by atoms with Crippen molar-refractivity contribution in [2.24, 2.45) is 4.99 Å². The number of rotatable bonds is 9. The van der Waals surface area contributed by atoms with Gasteiger partial charge in [0, 0.05) is 16.1 Å². The zero-order valence-electron chi connectivity index (χ0n) is 24.4. The molecule has 3 aromatic carbocycles. The number of hydrogen-bond acceptors (Lipinski definition) is 9. The van der Waals surface area contributed by atoms with Gasteiger partial charge in [-0.15, -0.1) is 0 Å². The van der Waals surface area contributed by atoms with Crippen LogP contribution < -0.4 is 29.1 Å². The molecule has 11 heteroatoms. The average molecular weight is 630 g/mol. The summed E-state index contributed by atoms with van der Waals surface area (Å²) in [4.78, 5) is 32.5. The first-order valence-corrected chi connectivity index (χ1v) is 14.8. The average Bonchev–Trinajstić information content (AvgIpc) is 3.33. The lowest BCUT2D eigenvalue weighted by atomic mass is 9.94. The van der Waals surface area contributed by atoms with E-state index >= 15 is 0 Å². The molecule has 44 heavy (non-hydrogen) atoms. The van der Waals surface area contributed by atoms with Gasteiger partial charge in [-0.2, -0.15) is 5.26 Å². The normalized spacial score (nSPS) is 14.4. The highest BCUT2D eigenvalue weighted by Gasteiger charge is 2.35. The van der Waals surface area contributed by atoms with Gasteiger partial charge in [-0.1, -0.05) is 35.1 Å². The number of thiazole rings is 1. The van der Waals surface area contributed by atoms with Crippen molar-refractivity contribution in [1.82, 2.24) is 4.57 Å². The number of esters is 1. The van der Waals surface area contributed by atoms with Crippen LogP contribution in [0, 0.1) is 11.3 Å². The number of ether oxygens (including phenoxy) is 4. The van der Waals surface area contributed by atoms with Crippen molar-refractivity contribution < 1.29 is 23.7 Å². The number of aromatic nitrogens is 1. The lowest BCUT2D eigenvalue weighted by molar-refractivity contribution is -0.139. The van der Waals surface area contributed by atoms with Crippen LogP contribution in [0.3, 0.4) is 0 Å². The molecule has 0 spiro atoms. The fraction of sp³-hybridized carbons (Fsp3) is 0.212. The van der Waals surface area contributed by atoms with E-state index in [0.717, 1.165) is 5.56 Å². The van der Waals surface area contributed by atoms with Gasteiger partial charge in [0.2, 0.25) is 0 Å². The first kappa shape index (κ1) is 30.6. The molecule has 0 saturated carbocycles. The van der Waals surface area contributed by atoms with Gasteiger partial charge in [0.05, 0.1) is 48.3 Å². The Morgan fingerprint density at radius 3 is 2.52 bits per heavy atom. The monoisotopic (exact) mass is 629 g/mol. The Labute approximate surface area is 262 Å². The van der Waals surface area contributed by atoms with E-state index in [9.17, 15) is 9.59 Å². The molecule has 0 saturated heterocycles. The number of hydrogen-bond donors (Lipinski definition) is 0. The van der Waals surface area contributed by atoms with E-state index < -0.39 is 12.0 Å². The maximum atomic E-state index is 14.2. The minimum atomic E-state index is -0.885. The summed E-state index contributed by atoms with van der Waals surface area (Å²) >= 11 is 7.54. The van der Waals surface area contributed by atoms with Crippen molar-refractivity contribution in [3.8, 4) is 23.3 Å². The minimum absolute atomic E-state index is 0.155. The highest BCUT2D eigenvalue weighted by atomic mass is 35.5. The largest absolute Gasteiger partial charge is 0.497 e. The van der Waals surface area contributed by atoms with Gasteiger partial charge in [-0.25, -0.2) is 9.79 Å². The summed E-state index contributed by atoms with van der Waals surface area (Å²) in [5, 5.41) is 9.53. The van der Waals surface area contributed by atoms with E-state index in [1.165, 1.54) is 30.1 Å². The highest BCUT2D eigenvalue weighted by molar-refractivity contribution is 7.07. The molecule has 1 aliphatic heterocycles. The molecule has 0 aliphatic carbocycles. The fourth-order valence-electron chi connectivity index (χ4n) is 4.88. The number of methoxy groups -OCH3 is 2. The molecule has 9 nitrogen and oxygen atoms in total. The Balaban J connectivity index is 1.64. The van der Waals surface area contributed by atoms with Crippen LogP contribution in [0.2, 0.25) is 5.02 Å². The van der Waals surface area contributed by atoms with Crippen molar-refractivity contribution in [1.29, 1.82) is 5.26 Å². The van der Waals surface area contributed by atoms with Gasteiger partial charge in [0.15, 0.2) is 4.80 Å². The summed E-state index contributed by atoms with van der Waals surface area (Å²) < 4.78 is 24.5. The Morgan fingerprint density at radius 2 is 1.84 bits per heavy atom. The highest BCUT2D eigenvalue weighted by Crippen LogP contribution is 2.38. The summed E-state index contributed by atoms with van der Waals surface area (Å²) in [5.41, 5.74) is 2.86. The third-order valence-electron chi connectivity index (χ3n) is 6.98. The maximum absolute atomic E-state index is 14.2. The molecule has 5 rings (SSSR count). The number of nitrogens with zero attached hydrogens (tertiary/aromatic N) is 3. The molecule has 1 aromatic heterocycles. The van der Waals surface area contributed by atoms with Gasteiger partial charge in [0.25, 0.3) is 5.56 Å². The van der Waals surface area contributed by atoms with Crippen LogP contribution in [0.4, 0.5) is 0 Å². The van der Waals surface area contributed by atoms with Crippen LogP contribution >= 0.6 is 22.9 Å². The van der Waals surface area contributed by atoms with E-state index in [4.69, 9.17) is 35.8 Å². The zero-order valence-corrected chi connectivity index (χ0v) is 26.0. The lowest BCUT2D eigenvalue weighted by Gasteiger charge is -2.26. The van der Waals surface area contributed by atoms with Crippen LogP contribution in [0.15, 0.2) is 81.7 Å². The molecule has 0 unspecified atom stereocenters. The SMILES string of the molecule is CCOC(=O)C1=C(C)N=c2s/c(=C/c3cc(Cl)ccc3OCc3ccc(C#N)cc3)c(=O)n2[C@@H]1c1cc(OC)ccc1OC. The lowest BCUT2D eigenvalue weighted by Crippen LogP contribution is -2.40. The van der Waals surface area contributed by atoms with Crippen molar-refractivity contribution in [2.45, 2.75) is 26.5 Å². The number of halogens is 1. The Bertz CT molecular complexity index is 1990. The summed E-state index contributed by atoms with van der Waals surface area (Å²) in [7, 11) is 3.06. The number of nitriles is 1. The minimum Gasteiger partial charge on any atom is -0.497 e. The third-order valence-corrected chi connectivity index (χ3v) is 8.20. The molecule has 224 valence electrons. The Hall–Kier alpha value is -4.85. The fourth-order valence-corrected chi connectivity index (χ4v) is 6.10. The predicted octanol–water partition coefficient (Wildman–Crippen LogP) is 4.92. The summed E-state index contributed by atoms with van der Waals surface area (Å²) in [5.74, 6) is 0.934. The van der Waals surface area contributed by atoms with Gasteiger partial charge in [-0.05, 0) is 74.0 Å². The van der Waals surface area contributed by atoms with Crippen LogP contribution in [0.25, 0.3) is 6.08 Å². The van der Waals surface area contributed by atoms with Crippen LogP contribution in [-0.2, 0) is 16.1 Å². The van der Waals surface area contributed by atoms with Gasteiger partial charge < -0.3 is 18.9 Å². The molecule has 0 fully saturated rings. The molecular formula is C33H28ClN3O6S. The first-order chi connectivity index (χ1) is 21.3. The second-order valence-electron chi connectivity index (χ2n) is 9.69. The van der Waals surface area contributed by atoms with E-state index in [1.807, 2.05) is 12.1 Å². The number of carbonyl (C=O) groups excluding carboxylic acids is 1. The molecule has 4 aromatic rings. The van der Waals surface area contributed by atoms with E-state index in [-0.39, 0.29) is 24.3 Å². The summed E-state index contributed by atoms with van der Waals surface area (Å²) in [6, 6.07) is 18.7. The Morgan fingerprint density at radius 1 is 1.09 bits per heavy atom. The molecule has 1 atom stereocenters. The maximum Gasteiger partial charge on any atom is 0.338 e. The van der Waals surface area contributed by atoms with Gasteiger partial charge in [0.1, 0.15) is 29.9 Å². The second kappa shape index (κ2) is 13.2. The van der Waals surface area contributed by atoms with Crippen molar-refractivity contribution in [3.63, 3.8) is 0 Å². The van der Waals surface area contributed by atoms with E-state index in [0.29, 0.717) is 54.0 Å². The van der Waals surface area contributed by atoms with E-state index in [1.54, 1.807) is 68.5 Å². The van der Waals surface area contributed by atoms with Crippen LogP contribution in [-0.4, -0.2) is 31.4 Å². The molecular weight excluding hydrogens is 602 g/mol. The van der Waals surface area contributed by atoms with Gasteiger partial charge >= 0.3 is 5.97 Å². The molecule has 0 radical (unpaired) electrons. The number of fused-ring (bicyclic) bond motifs is 1. The molecule has 1 aliphatic rings. The van der Waals surface area contributed by atoms with Crippen LogP contribution in [0.5, 0.6) is 17.2 Å². The van der Waals surface area contributed by atoms with Crippen molar-refractivity contribution in [2.75, 3.05) is 20.8 Å². The van der Waals surface area contributed by atoms with Gasteiger partial charge in [-0.3, -0.25) is 9.36 Å². The molecule has 2 heterocycles. The third kappa shape index (κ3) is 6.11. The first-order valence-electron chi connectivity index (χ1n) is 13.6. The number of carbonyl (C=O) groups is 1. The second-order valence-corrected chi connectivity index (χ2v) is 11.1. The summed E-state index contributed by atoms with van der Waals surface area (Å²) in [6.07, 6.45) is 1.70. The zero-order chi connectivity index (χ0) is 31.4. The standard InChI is InChI=1S/C33H28ClN3O6S/c1-5-42-32(39)29-19(2)36-33-37(30(29)25-16-24(40-3)11-13-27(25)41-4)31(38)28(44-33)15-22-14-23(34)10-12-26(22)43-18-21-8-6-20(17-35)7-9-21/h6-16,30H,5,18H2,1-4H3/b28-15+/t30-/m1/s1. The molecule has 0 N–H and O–H groups in total. The smallest absolute Gasteiger partial charge is 0.338 e. The van der Waals surface area contributed by atoms with Crippen LogP contribution in [0.1, 0.15) is 42.1 Å². The molecule has 0 bridgehead atoms. The predicted molar refractivity (Wildman–Crippen MR) is 167 cm³/mol. The van der Waals surface area contributed by atoms with Crippen molar-refractivity contribution in [3.05, 3.63) is 119 Å². The van der Waals surface area contributed by atoms with Crippen molar-refractivity contribution >= 4 is 35.0 Å². The summed E-state index contributed by atoms with van der Waals surface area (Å²) in [6.45, 7) is 3.83.